The highest BCUT2D eigenvalue weighted by atomic mass is 32.2. The maximum atomic E-state index is 12.1. The summed E-state index contributed by atoms with van der Waals surface area (Å²) in [6.07, 6.45) is -0.498. The zero-order valence-electron chi connectivity index (χ0n) is 13.4. The molecule has 0 bridgehead atoms. The first-order valence-electron chi connectivity index (χ1n) is 7.54. The number of ether oxygens (including phenoxy) is 1. The number of aryl methyl sites for hydroxylation is 1. The fourth-order valence-electron chi connectivity index (χ4n) is 2.23. The summed E-state index contributed by atoms with van der Waals surface area (Å²) in [4.78, 5) is 13.8. The van der Waals surface area contributed by atoms with E-state index in [0.29, 0.717) is 13.2 Å². The molecule has 1 unspecified atom stereocenters. The average Bonchev–Trinajstić information content (AvgIpc) is 2.55. The van der Waals surface area contributed by atoms with Crippen LogP contribution in [0.3, 0.4) is 0 Å². The van der Waals surface area contributed by atoms with Gasteiger partial charge in [0.05, 0.1) is 11.5 Å². The Morgan fingerprint density at radius 2 is 2.09 bits per heavy atom. The van der Waals surface area contributed by atoms with Crippen LogP contribution in [0.25, 0.3) is 0 Å². The summed E-state index contributed by atoms with van der Waals surface area (Å²) in [6, 6.07) is 6.62. The summed E-state index contributed by atoms with van der Waals surface area (Å²) in [5.74, 6) is -0.147. The molecule has 128 valence electrons. The Morgan fingerprint density at radius 3 is 2.70 bits per heavy atom. The summed E-state index contributed by atoms with van der Waals surface area (Å²) in [5.41, 5.74) is 0.996. The van der Waals surface area contributed by atoms with Gasteiger partial charge in [0.15, 0.2) is 0 Å². The molecule has 1 aliphatic heterocycles. The van der Waals surface area contributed by atoms with E-state index in [1.807, 2.05) is 6.92 Å². The predicted molar refractivity (Wildman–Crippen MR) is 86.6 cm³/mol. The largest absolute Gasteiger partial charge is 0.366 e. The number of likely N-dealkylation sites (N-methyl/N-ethyl adjacent to an activating group) is 1. The van der Waals surface area contributed by atoms with E-state index in [1.54, 1.807) is 31.3 Å². The summed E-state index contributed by atoms with van der Waals surface area (Å²) in [5, 5.41) is 3.09. The Labute approximate surface area is 137 Å². The maximum absolute atomic E-state index is 12.1. The molecule has 7 nitrogen and oxygen atoms in total. The lowest BCUT2D eigenvalue weighted by Crippen LogP contribution is -2.49. The van der Waals surface area contributed by atoms with Crippen molar-refractivity contribution in [1.29, 1.82) is 0 Å². The van der Waals surface area contributed by atoms with Crippen LogP contribution in [0.5, 0.6) is 0 Å². The predicted octanol–water partition coefficient (Wildman–Crippen LogP) is -0.280. The average molecular weight is 341 g/mol. The van der Waals surface area contributed by atoms with Gasteiger partial charge in [0.2, 0.25) is 10.0 Å². The number of carbonyl (C=O) groups is 1. The molecule has 1 aromatic carbocycles. The highest BCUT2D eigenvalue weighted by molar-refractivity contribution is 7.89. The SMILES string of the molecule is Cc1ccc(S(=O)(=O)NCCN(C)C(=O)C2CNCCO2)cc1. The van der Waals surface area contributed by atoms with E-state index < -0.39 is 16.1 Å². The van der Waals surface area contributed by atoms with E-state index in [0.717, 1.165) is 12.1 Å². The number of hydrogen-bond acceptors (Lipinski definition) is 5. The topological polar surface area (TPSA) is 87.7 Å². The van der Waals surface area contributed by atoms with Crippen molar-refractivity contribution in [3.05, 3.63) is 29.8 Å². The summed E-state index contributed by atoms with van der Waals surface area (Å²) in [6.45, 7) is 4.06. The molecule has 1 atom stereocenters. The third-order valence-electron chi connectivity index (χ3n) is 3.65. The minimum absolute atomic E-state index is 0.147. The molecule has 0 aliphatic carbocycles. The van der Waals surface area contributed by atoms with Crippen molar-refractivity contribution < 1.29 is 17.9 Å². The van der Waals surface area contributed by atoms with Gasteiger partial charge in [0.1, 0.15) is 6.10 Å². The summed E-state index contributed by atoms with van der Waals surface area (Å²) >= 11 is 0. The third kappa shape index (κ3) is 5.00. The highest BCUT2D eigenvalue weighted by Crippen LogP contribution is 2.09. The second-order valence-corrected chi connectivity index (χ2v) is 7.30. The van der Waals surface area contributed by atoms with Gasteiger partial charge in [-0.25, -0.2) is 13.1 Å². The van der Waals surface area contributed by atoms with E-state index in [1.165, 1.54) is 4.90 Å². The lowest BCUT2D eigenvalue weighted by atomic mass is 10.2. The van der Waals surface area contributed by atoms with Crippen LogP contribution >= 0.6 is 0 Å². The number of nitrogens with zero attached hydrogens (tertiary/aromatic N) is 1. The number of rotatable bonds is 6. The molecular formula is C15H23N3O4S. The Morgan fingerprint density at radius 1 is 1.39 bits per heavy atom. The summed E-state index contributed by atoms with van der Waals surface area (Å²) < 4.78 is 32.2. The number of nitrogens with one attached hydrogen (secondary N) is 2. The van der Waals surface area contributed by atoms with Crippen LogP contribution in [0.15, 0.2) is 29.2 Å². The van der Waals surface area contributed by atoms with E-state index >= 15 is 0 Å². The number of benzene rings is 1. The molecule has 1 fully saturated rings. The number of sulfonamides is 1. The molecule has 1 aromatic rings. The van der Waals surface area contributed by atoms with Crippen molar-refractivity contribution >= 4 is 15.9 Å². The summed E-state index contributed by atoms with van der Waals surface area (Å²) in [7, 11) is -1.92. The van der Waals surface area contributed by atoms with E-state index in [9.17, 15) is 13.2 Å². The molecule has 0 aromatic heterocycles. The second kappa shape index (κ2) is 7.87. The molecule has 0 spiro atoms. The fourth-order valence-corrected chi connectivity index (χ4v) is 3.25. The maximum Gasteiger partial charge on any atom is 0.252 e. The van der Waals surface area contributed by atoms with Gasteiger partial charge in [-0.3, -0.25) is 4.79 Å². The first kappa shape index (κ1) is 17.9. The van der Waals surface area contributed by atoms with Gasteiger partial charge in [0, 0.05) is 33.2 Å². The van der Waals surface area contributed by atoms with Gasteiger partial charge >= 0.3 is 0 Å². The third-order valence-corrected chi connectivity index (χ3v) is 5.13. The molecule has 1 aliphatic rings. The zero-order chi connectivity index (χ0) is 16.9. The van der Waals surface area contributed by atoms with Crippen LogP contribution in [0.4, 0.5) is 0 Å². The lowest BCUT2D eigenvalue weighted by molar-refractivity contribution is -0.143. The quantitative estimate of drug-likeness (QED) is 0.743. The van der Waals surface area contributed by atoms with Gasteiger partial charge in [0.25, 0.3) is 5.91 Å². The van der Waals surface area contributed by atoms with Crippen molar-refractivity contribution in [2.75, 3.05) is 39.8 Å². The number of amides is 1. The lowest BCUT2D eigenvalue weighted by Gasteiger charge is -2.27. The van der Waals surface area contributed by atoms with Crippen molar-refractivity contribution in [3.63, 3.8) is 0 Å². The Bertz CT molecular complexity index is 625. The van der Waals surface area contributed by atoms with E-state index in [4.69, 9.17) is 4.74 Å². The van der Waals surface area contributed by atoms with Crippen LogP contribution in [-0.4, -0.2) is 65.2 Å². The normalized spacial score (nSPS) is 18.6. The van der Waals surface area contributed by atoms with Gasteiger partial charge in [-0.1, -0.05) is 17.7 Å². The Kier molecular flexibility index (Phi) is 6.11. The number of hydrogen-bond donors (Lipinski definition) is 2. The monoisotopic (exact) mass is 341 g/mol. The van der Waals surface area contributed by atoms with E-state index in [-0.39, 0.29) is 23.9 Å². The smallest absolute Gasteiger partial charge is 0.252 e. The molecule has 0 saturated carbocycles. The Hall–Kier alpha value is -1.48. The van der Waals surface area contributed by atoms with Crippen molar-refractivity contribution in [2.45, 2.75) is 17.9 Å². The molecular weight excluding hydrogens is 318 g/mol. The standard InChI is InChI=1S/C15H23N3O4S/c1-12-3-5-13(6-4-12)23(20,21)17-7-9-18(2)15(19)14-11-16-8-10-22-14/h3-6,14,16-17H,7-11H2,1-2H3. The van der Waals surface area contributed by atoms with Gasteiger partial charge in [-0.2, -0.15) is 0 Å². The first-order chi connectivity index (χ1) is 10.9. The van der Waals surface area contributed by atoms with E-state index in [2.05, 4.69) is 10.0 Å². The highest BCUT2D eigenvalue weighted by Gasteiger charge is 2.24. The first-order valence-corrected chi connectivity index (χ1v) is 9.02. The van der Waals surface area contributed by atoms with Crippen LogP contribution in [0.2, 0.25) is 0 Å². The van der Waals surface area contributed by atoms with Gasteiger partial charge in [-0.05, 0) is 19.1 Å². The molecule has 8 heteroatoms. The minimum Gasteiger partial charge on any atom is -0.366 e. The molecule has 0 radical (unpaired) electrons. The van der Waals surface area contributed by atoms with Gasteiger partial charge in [-0.15, -0.1) is 0 Å². The fraction of sp³-hybridized carbons (Fsp3) is 0.533. The van der Waals surface area contributed by atoms with Crippen LogP contribution in [-0.2, 0) is 19.6 Å². The van der Waals surface area contributed by atoms with Crippen LogP contribution < -0.4 is 10.0 Å². The molecule has 1 heterocycles. The molecule has 1 saturated heterocycles. The van der Waals surface area contributed by atoms with Crippen LogP contribution in [0, 0.1) is 6.92 Å². The Balaban J connectivity index is 1.83. The van der Waals surface area contributed by atoms with Crippen LogP contribution in [0.1, 0.15) is 5.56 Å². The molecule has 2 N–H and O–H groups in total. The number of carbonyl (C=O) groups excluding carboxylic acids is 1. The van der Waals surface area contributed by atoms with Crippen molar-refractivity contribution in [1.82, 2.24) is 14.9 Å². The van der Waals surface area contributed by atoms with Gasteiger partial charge < -0.3 is 15.0 Å². The molecule has 23 heavy (non-hydrogen) atoms. The molecule has 2 rings (SSSR count). The van der Waals surface area contributed by atoms with Crippen molar-refractivity contribution in [2.24, 2.45) is 0 Å². The van der Waals surface area contributed by atoms with Crippen molar-refractivity contribution in [3.8, 4) is 0 Å². The molecule has 1 amide bonds. The number of morpholine rings is 1. The minimum atomic E-state index is -3.55. The zero-order valence-corrected chi connectivity index (χ0v) is 14.2. The second-order valence-electron chi connectivity index (χ2n) is 5.53.